The van der Waals surface area contributed by atoms with Gasteiger partial charge in [-0.25, -0.2) is 0 Å². The van der Waals surface area contributed by atoms with Gasteiger partial charge in [0, 0.05) is 20.1 Å². The first kappa shape index (κ1) is 14.8. The molecule has 1 fully saturated rings. The number of rotatable bonds is 4. The van der Waals surface area contributed by atoms with Crippen LogP contribution in [0.3, 0.4) is 0 Å². The van der Waals surface area contributed by atoms with Crippen molar-refractivity contribution in [2.45, 2.75) is 45.1 Å². The van der Waals surface area contributed by atoms with E-state index in [0.717, 1.165) is 5.82 Å². The number of carbonyl (C=O) groups excluding carboxylic acids is 1. The lowest BCUT2D eigenvalue weighted by molar-refractivity contribution is 0.0821. The fourth-order valence-electron chi connectivity index (χ4n) is 2.83. The molecule has 1 saturated carbocycles. The van der Waals surface area contributed by atoms with Gasteiger partial charge in [0.2, 0.25) is 0 Å². The molecule has 0 bridgehead atoms. The summed E-state index contributed by atoms with van der Waals surface area (Å²) in [5.74, 6) is 1.37. The van der Waals surface area contributed by atoms with Gasteiger partial charge in [0.15, 0.2) is 5.69 Å². The van der Waals surface area contributed by atoms with Gasteiger partial charge in [-0.15, -0.1) is 10.2 Å². The van der Waals surface area contributed by atoms with E-state index in [4.69, 9.17) is 0 Å². The predicted molar refractivity (Wildman–Crippen MR) is 79.7 cm³/mol. The molecule has 0 saturated heterocycles. The Morgan fingerprint density at radius 1 is 1.30 bits per heavy atom. The van der Waals surface area contributed by atoms with Crippen LogP contribution in [0.1, 0.15) is 49.5 Å². The topological polar surface area (TPSA) is 58.1 Å². The molecule has 5 nitrogen and oxygen atoms in total. The van der Waals surface area contributed by atoms with Gasteiger partial charge in [-0.1, -0.05) is 26.2 Å². The minimum atomic E-state index is -0.117. The minimum Gasteiger partial charge on any atom is -0.366 e. The summed E-state index contributed by atoms with van der Waals surface area (Å²) in [6.07, 6.45) is 6.29. The number of aromatic nitrogens is 2. The van der Waals surface area contributed by atoms with Crippen molar-refractivity contribution in [1.82, 2.24) is 15.1 Å². The van der Waals surface area contributed by atoms with Crippen LogP contribution in [0.25, 0.3) is 0 Å². The molecule has 20 heavy (non-hydrogen) atoms. The Morgan fingerprint density at radius 3 is 2.65 bits per heavy atom. The lowest BCUT2D eigenvalue weighted by Crippen LogP contribution is -2.32. The number of hydrogen-bond donors (Lipinski definition) is 1. The van der Waals surface area contributed by atoms with Crippen LogP contribution in [0.5, 0.6) is 0 Å². The van der Waals surface area contributed by atoms with Gasteiger partial charge in [-0.3, -0.25) is 4.79 Å². The van der Waals surface area contributed by atoms with Crippen molar-refractivity contribution in [3.8, 4) is 0 Å². The van der Waals surface area contributed by atoms with E-state index in [1.54, 1.807) is 20.2 Å². The lowest BCUT2D eigenvalue weighted by Gasteiger charge is -2.31. The summed E-state index contributed by atoms with van der Waals surface area (Å²) in [6.45, 7) is 2.25. The van der Waals surface area contributed by atoms with E-state index in [0.29, 0.717) is 17.7 Å². The number of carbonyl (C=O) groups is 1. The third kappa shape index (κ3) is 3.46. The van der Waals surface area contributed by atoms with Crippen molar-refractivity contribution in [2.24, 2.45) is 5.92 Å². The molecule has 5 heteroatoms. The quantitative estimate of drug-likeness (QED) is 0.918. The number of nitrogens with zero attached hydrogens (tertiary/aromatic N) is 3. The second kappa shape index (κ2) is 6.68. The number of anilines is 1. The van der Waals surface area contributed by atoms with E-state index in [2.05, 4.69) is 22.4 Å². The normalized spacial score (nSPS) is 22.4. The fourth-order valence-corrected chi connectivity index (χ4v) is 2.83. The molecule has 1 amide bonds. The molecule has 110 valence electrons. The Bertz CT molecular complexity index is 444. The molecule has 2 unspecified atom stereocenters. The second-order valence-electron chi connectivity index (χ2n) is 5.71. The molecule has 0 radical (unpaired) electrons. The summed E-state index contributed by atoms with van der Waals surface area (Å²) in [5, 5.41) is 11.6. The SMILES string of the molecule is CCC1CCCCC1Nc1ccc(C(=O)N(C)C)nn1. The average molecular weight is 276 g/mol. The van der Waals surface area contributed by atoms with E-state index >= 15 is 0 Å². The molecule has 2 atom stereocenters. The molecule has 1 aromatic heterocycles. The van der Waals surface area contributed by atoms with Crippen molar-refractivity contribution in [3.63, 3.8) is 0 Å². The Hall–Kier alpha value is -1.65. The molecule has 1 aliphatic rings. The van der Waals surface area contributed by atoms with Gasteiger partial charge in [-0.05, 0) is 30.9 Å². The Balaban J connectivity index is 2.01. The zero-order valence-corrected chi connectivity index (χ0v) is 12.6. The Morgan fingerprint density at radius 2 is 2.05 bits per heavy atom. The van der Waals surface area contributed by atoms with Crippen LogP contribution >= 0.6 is 0 Å². The maximum atomic E-state index is 11.7. The second-order valence-corrected chi connectivity index (χ2v) is 5.71. The molecule has 0 spiro atoms. The van der Waals surface area contributed by atoms with E-state index in [-0.39, 0.29) is 5.91 Å². The summed E-state index contributed by atoms with van der Waals surface area (Å²) in [4.78, 5) is 13.3. The highest BCUT2D eigenvalue weighted by Gasteiger charge is 2.23. The summed E-state index contributed by atoms with van der Waals surface area (Å²) in [5.41, 5.74) is 0.385. The molecule has 0 aromatic carbocycles. The first-order valence-corrected chi connectivity index (χ1v) is 7.43. The third-order valence-electron chi connectivity index (χ3n) is 4.06. The molecular formula is C15H24N4O. The van der Waals surface area contributed by atoms with Gasteiger partial charge >= 0.3 is 0 Å². The molecule has 1 N–H and O–H groups in total. The Labute approximate surface area is 120 Å². The molecule has 0 aliphatic heterocycles. The first-order valence-electron chi connectivity index (χ1n) is 7.43. The largest absolute Gasteiger partial charge is 0.366 e. The van der Waals surface area contributed by atoms with Crippen LogP contribution in [-0.2, 0) is 0 Å². The van der Waals surface area contributed by atoms with Crippen LogP contribution in [0, 0.1) is 5.92 Å². The van der Waals surface area contributed by atoms with Crippen molar-refractivity contribution in [1.29, 1.82) is 0 Å². The first-order chi connectivity index (χ1) is 9.61. The number of amides is 1. The van der Waals surface area contributed by atoms with Crippen LogP contribution in [0.4, 0.5) is 5.82 Å². The highest BCUT2D eigenvalue weighted by molar-refractivity contribution is 5.91. The van der Waals surface area contributed by atoms with E-state index in [9.17, 15) is 4.79 Å². The maximum absolute atomic E-state index is 11.7. The molecule has 1 aromatic rings. The van der Waals surface area contributed by atoms with Gasteiger partial charge in [0.25, 0.3) is 5.91 Å². The summed E-state index contributed by atoms with van der Waals surface area (Å²) < 4.78 is 0. The number of nitrogens with one attached hydrogen (secondary N) is 1. The molecule has 1 aliphatic carbocycles. The van der Waals surface area contributed by atoms with Gasteiger partial charge < -0.3 is 10.2 Å². The van der Waals surface area contributed by atoms with Crippen LogP contribution < -0.4 is 5.32 Å². The fraction of sp³-hybridized carbons (Fsp3) is 0.667. The predicted octanol–water partition coefficient (Wildman–Crippen LogP) is 2.56. The molecular weight excluding hydrogens is 252 g/mol. The van der Waals surface area contributed by atoms with Gasteiger partial charge in [0.05, 0.1) is 0 Å². The number of hydrogen-bond acceptors (Lipinski definition) is 4. The summed E-state index contributed by atoms with van der Waals surface area (Å²) >= 11 is 0. The molecule has 1 heterocycles. The minimum absolute atomic E-state index is 0.117. The monoisotopic (exact) mass is 276 g/mol. The standard InChI is InChI=1S/C15H24N4O/c1-4-11-7-5-6-8-12(11)16-14-10-9-13(17-18-14)15(20)19(2)3/h9-12H,4-8H2,1-3H3,(H,16,18). The highest BCUT2D eigenvalue weighted by atomic mass is 16.2. The van der Waals surface area contributed by atoms with Crippen molar-refractivity contribution >= 4 is 11.7 Å². The van der Waals surface area contributed by atoms with Crippen LogP contribution in [-0.4, -0.2) is 41.1 Å². The van der Waals surface area contributed by atoms with Gasteiger partial charge in [0.1, 0.15) is 5.82 Å². The summed E-state index contributed by atoms with van der Waals surface area (Å²) in [7, 11) is 3.42. The zero-order chi connectivity index (χ0) is 14.5. The van der Waals surface area contributed by atoms with E-state index < -0.39 is 0 Å². The van der Waals surface area contributed by atoms with E-state index in [1.165, 1.54) is 37.0 Å². The summed E-state index contributed by atoms with van der Waals surface area (Å²) in [6, 6.07) is 4.07. The maximum Gasteiger partial charge on any atom is 0.273 e. The zero-order valence-electron chi connectivity index (χ0n) is 12.6. The molecule has 2 rings (SSSR count). The van der Waals surface area contributed by atoms with Crippen molar-refractivity contribution in [2.75, 3.05) is 19.4 Å². The smallest absolute Gasteiger partial charge is 0.273 e. The van der Waals surface area contributed by atoms with Crippen LogP contribution in [0.15, 0.2) is 12.1 Å². The average Bonchev–Trinajstić information content (AvgIpc) is 2.48. The highest BCUT2D eigenvalue weighted by Crippen LogP contribution is 2.28. The van der Waals surface area contributed by atoms with Crippen molar-refractivity contribution in [3.05, 3.63) is 17.8 Å². The third-order valence-corrected chi connectivity index (χ3v) is 4.06. The van der Waals surface area contributed by atoms with Gasteiger partial charge in [-0.2, -0.15) is 0 Å². The van der Waals surface area contributed by atoms with Crippen molar-refractivity contribution < 1.29 is 4.79 Å². The van der Waals surface area contributed by atoms with E-state index in [1.807, 2.05) is 6.07 Å². The lowest BCUT2D eigenvalue weighted by atomic mass is 9.83. The Kier molecular flexibility index (Phi) is 4.93. The van der Waals surface area contributed by atoms with Crippen LogP contribution in [0.2, 0.25) is 0 Å².